The third-order valence-corrected chi connectivity index (χ3v) is 5.38. The SMILES string of the molecule is CN1CC(NC(=O)COc2ccccc2)CC1c1nc(-c2ccc3c(c2)OCO3)no1. The predicted molar refractivity (Wildman–Crippen MR) is 110 cm³/mol. The first-order chi connectivity index (χ1) is 15.2. The third kappa shape index (κ3) is 4.17. The Labute approximate surface area is 178 Å². The first-order valence-corrected chi connectivity index (χ1v) is 10.1. The molecule has 2 aromatic carbocycles. The quantitative estimate of drug-likeness (QED) is 0.647. The van der Waals surface area contributed by atoms with E-state index in [-0.39, 0.29) is 31.4 Å². The number of carbonyl (C=O) groups excluding carboxylic acids is 1. The molecule has 0 aliphatic carbocycles. The van der Waals surface area contributed by atoms with Crippen molar-refractivity contribution in [1.29, 1.82) is 0 Å². The molecule has 2 aliphatic heterocycles. The molecule has 3 heterocycles. The van der Waals surface area contributed by atoms with Gasteiger partial charge < -0.3 is 24.1 Å². The topological polar surface area (TPSA) is 99.0 Å². The van der Waals surface area contributed by atoms with Crippen LogP contribution in [0, 0.1) is 0 Å². The second-order valence-corrected chi connectivity index (χ2v) is 7.58. The smallest absolute Gasteiger partial charge is 0.258 e. The molecule has 160 valence electrons. The van der Waals surface area contributed by atoms with Gasteiger partial charge in [-0.15, -0.1) is 0 Å². The molecule has 1 aromatic heterocycles. The molecule has 3 aromatic rings. The molecular weight excluding hydrogens is 400 g/mol. The van der Waals surface area contributed by atoms with Crippen LogP contribution in [0.15, 0.2) is 53.1 Å². The number of ether oxygens (including phenoxy) is 3. The van der Waals surface area contributed by atoms with Gasteiger partial charge in [-0.2, -0.15) is 4.98 Å². The highest BCUT2D eigenvalue weighted by molar-refractivity contribution is 5.77. The molecule has 2 atom stereocenters. The van der Waals surface area contributed by atoms with E-state index in [0.29, 0.717) is 41.9 Å². The van der Waals surface area contributed by atoms with E-state index >= 15 is 0 Å². The number of hydrogen-bond donors (Lipinski definition) is 1. The van der Waals surface area contributed by atoms with Crippen LogP contribution >= 0.6 is 0 Å². The number of benzene rings is 2. The molecule has 2 aliphatic rings. The van der Waals surface area contributed by atoms with Gasteiger partial charge in [-0.3, -0.25) is 9.69 Å². The molecule has 0 radical (unpaired) electrons. The minimum absolute atomic E-state index is 0.0241. The van der Waals surface area contributed by atoms with Gasteiger partial charge in [0.15, 0.2) is 18.1 Å². The Balaban J connectivity index is 1.19. The van der Waals surface area contributed by atoms with Crippen LogP contribution in [-0.4, -0.2) is 54.0 Å². The Morgan fingerprint density at radius 3 is 2.90 bits per heavy atom. The zero-order valence-corrected chi connectivity index (χ0v) is 17.0. The number of aromatic nitrogens is 2. The first kappa shape index (κ1) is 19.4. The van der Waals surface area contributed by atoms with Crippen molar-refractivity contribution in [3.63, 3.8) is 0 Å². The maximum Gasteiger partial charge on any atom is 0.258 e. The highest BCUT2D eigenvalue weighted by atomic mass is 16.7. The molecule has 9 heteroatoms. The molecule has 1 amide bonds. The van der Waals surface area contributed by atoms with E-state index in [4.69, 9.17) is 18.7 Å². The molecule has 5 rings (SSSR count). The summed E-state index contributed by atoms with van der Waals surface area (Å²) in [5.41, 5.74) is 0.794. The van der Waals surface area contributed by atoms with Gasteiger partial charge >= 0.3 is 0 Å². The maximum absolute atomic E-state index is 12.3. The molecule has 0 spiro atoms. The standard InChI is InChI=1S/C22H22N4O5/c1-26-11-15(23-20(27)12-28-16-5-3-2-4-6-16)10-17(26)22-24-21(25-31-22)14-7-8-18-19(9-14)30-13-29-18/h2-9,15,17H,10-13H2,1H3,(H,23,27). The summed E-state index contributed by atoms with van der Waals surface area (Å²) in [5.74, 6) is 2.90. The van der Waals surface area contributed by atoms with Crippen molar-refractivity contribution >= 4 is 5.91 Å². The second kappa shape index (κ2) is 8.27. The number of para-hydroxylation sites is 1. The summed E-state index contributed by atoms with van der Waals surface area (Å²) in [6.07, 6.45) is 0.677. The average Bonchev–Trinajstić information content (AvgIpc) is 3.52. The van der Waals surface area contributed by atoms with Crippen molar-refractivity contribution < 1.29 is 23.5 Å². The van der Waals surface area contributed by atoms with E-state index in [1.54, 1.807) is 0 Å². The van der Waals surface area contributed by atoms with Crippen LogP contribution in [0.3, 0.4) is 0 Å². The Bertz CT molecular complexity index is 1070. The van der Waals surface area contributed by atoms with Crippen LogP contribution in [0.1, 0.15) is 18.4 Å². The van der Waals surface area contributed by atoms with Crippen LogP contribution in [0.5, 0.6) is 17.2 Å². The number of carbonyl (C=O) groups is 1. The number of hydrogen-bond acceptors (Lipinski definition) is 8. The number of amides is 1. The lowest BCUT2D eigenvalue weighted by molar-refractivity contribution is -0.123. The summed E-state index contributed by atoms with van der Waals surface area (Å²) in [6.45, 7) is 0.875. The van der Waals surface area contributed by atoms with Crippen molar-refractivity contribution in [3.8, 4) is 28.6 Å². The Kier molecular flexibility index (Phi) is 5.17. The van der Waals surface area contributed by atoms with Crippen LogP contribution in [0.25, 0.3) is 11.4 Å². The number of fused-ring (bicyclic) bond motifs is 1. The molecule has 31 heavy (non-hydrogen) atoms. The Hall–Kier alpha value is -3.59. The van der Waals surface area contributed by atoms with Gasteiger partial charge in [0.1, 0.15) is 5.75 Å². The van der Waals surface area contributed by atoms with Crippen molar-refractivity contribution in [2.75, 3.05) is 27.0 Å². The van der Waals surface area contributed by atoms with Gasteiger partial charge in [-0.1, -0.05) is 23.4 Å². The number of nitrogens with one attached hydrogen (secondary N) is 1. The van der Waals surface area contributed by atoms with Crippen molar-refractivity contribution in [1.82, 2.24) is 20.4 Å². The van der Waals surface area contributed by atoms with Crippen LogP contribution in [-0.2, 0) is 4.79 Å². The lowest BCUT2D eigenvalue weighted by Gasteiger charge is -2.14. The zero-order chi connectivity index (χ0) is 21.2. The molecular formula is C22H22N4O5. The van der Waals surface area contributed by atoms with Crippen LogP contribution in [0.2, 0.25) is 0 Å². The maximum atomic E-state index is 12.3. The van der Waals surface area contributed by atoms with Crippen LogP contribution in [0.4, 0.5) is 0 Å². The summed E-state index contributed by atoms with van der Waals surface area (Å²) >= 11 is 0. The largest absolute Gasteiger partial charge is 0.484 e. The number of likely N-dealkylation sites (N-methyl/N-ethyl adjacent to an activating group) is 1. The third-order valence-electron chi connectivity index (χ3n) is 5.38. The summed E-state index contributed by atoms with van der Waals surface area (Å²) in [4.78, 5) is 18.9. The van der Waals surface area contributed by atoms with E-state index in [9.17, 15) is 4.79 Å². The van der Waals surface area contributed by atoms with Gasteiger partial charge in [0, 0.05) is 18.2 Å². The van der Waals surface area contributed by atoms with E-state index in [1.807, 2.05) is 55.6 Å². The average molecular weight is 422 g/mol. The lowest BCUT2D eigenvalue weighted by Crippen LogP contribution is -2.39. The normalized spacial score (nSPS) is 20.0. The van der Waals surface area contributed by atoms with Crippen molar-refractivity contribution in [2.45, 2.75) is 18.5 Å². The molecule has 1 fully saturated rings. The monoisotopic (exact) mass is 422 g/mol. The summed E-state index contributed by atoms with van der Waals surface area (Å²) in [6, 6.07) is 14.7. The molecule has 9 nitrogen and oxygen atoms in total. The van der Waals surface area contributed by atoms with Crippen molar-refractivity contribution in [2.24, 2.45) is 0 Å². The van der Waals surface area contributed by atoms with Gasteiger partial charge in [0.2, 0.25) is 18.5 Å². The van der Waals surface area contributed by atoms with E-state index in [0.717, 1.165) is 5.56 Å². The molecule has 2 unspecified atom stereocenters. The Morgan fingerprint density at radius 2 is 2.03 bits per heavy atom. The highest BCUT2D eigenvalue weighted by Crippen LogP contribution is 2.36. The van der Waals surface area contributed by atoms with Gasteiger partial charge in [0.25, 0.3) is 5.91 Å². The summed E-state index contributed by atoms with van der Waals surface area (Å²) in [7, 11) is 1.97. The second-order valence-electron chi connectivity index (χ2n) is 7.58. The predicted octanol–water partition coefficient (Wildman–Crippen LogP) is 2.41. The molecule has 0 bridgehead atoms. The molecule has 1 N–H and O–H groups in total. The van der Waals surface area contributed by atoms with E-state index in [1.165, 1.54) is 0 Å². The Morgan fingerprint density at radius 1 is 1.19 bits per heavy atom. The first-order valence-electron chi connectivity index (χ1n) is 10.1. The summed E-state index contributed by atoms with van der Waals surface area (Å²) < 4.78 is 21.8. The van der Waals surface area contributed by atoms with Gasteiger partial charge in [0.05, 0.1) is 6.04 Å². The van der Waals surface area contributed by atoms with E-state index < -0.39 is 0 Å². The van der Waals surface area contributed by atoms with E-state index in [2.05, 4.69) is 20.4 Å². The van der Waals surface area contributed by atoms with Gasteiger partial charge in [-0.05, 0) is 43.8 Å². The fourth-order valence-electron chi connectivity index (χ4n) is 3.85. The number of nitrogens with zero attached hydrogens (tertiary/aromatic N) is 3. The number of likely N-dealkylation sites (tertiary alicyclic amines) is 1. The molecule has 1 saturated heterocycles. The lowest BCUT2D eigenvalue weighted by atomic mass is 10.1. The molecule has 0 saturated carbocycles. The van der Waals surface area contributed by atoms with Gasteiger partial charge in [-0.25, -0.2) is 0 Å². The zero-order valence-electron chi connectivity index (χ0n) is 17.0. The summed E-state index contributed by atoms with van der Waals surface area (Å²) in [5, 5.41) is 7.14. The van der Waals surface area contributed by atoms with Crippen molar-refractivity contribution in [3.05, 3.63) is 54.4 Å². The van der Waals surface area contributed by atoms with Crippen LogP contribution < -0.4 is 19.5 Å². The fourth-order valence-corrected chi connectivity index (χ4v) is 3.85. The minimum atomic E-state index is -0.158. The number of rotatable bonds is 6. The highest BCUT2D eigenvalue weighted by Gasteiger charge is 2.35. The fraction of sp³-hybridized carbons (Fsp3) is 0.318. The minimum Gasteiger partial charge on any atom is -0.484 e.